The van der Waals surface area contributed by atoms with Gasteiger partial charge in [-0.05, 0) is 25.8 Å². The molecule has 0 aromatic heterocycles. The van der Waals surface area contributed by atoms with E-state index in [0.717, 1.165) is 6.42 Å². The summed E-state index contributed by atoms with van der Waals surface area (Å²) in [5, 5.41) is 11.9. The number of carboxylic acid groups (broad SMARTS) is 1. The number of amides is 1. The Bertz CT molecular complexity index is 308. The quantitative estimate of drug-likeness (QED) is 0.697. The van der Waals surface area contributed by atoms with Gasteiger partial charge in [-0.3, -0.25) is 14.5 Å². The van der Waals surface area contributed by atoms with E-state index in [-0.39, 0.29) is 24.4 Å². The molecule has 1 fully saturated rings. The molecule has 1 aliphatic rings. The van der Waals surface area contributed by atoms with Gasteiger partial charge in [-0.2, -0.15) is 0 Å². The van der Waals surface area contributed by atoms with E-state index in [1.165, 1.54) is 0 Å². The molecule has 1 saturated heterocycles. The summed E-state index contributed by atoms with van der Waals surface area (Å²) in [5.41, 5.74) is 0. The molecule has 0 bridgehead atoms. The summed E-state index contributed by atoms with van der Waals surface area (Å²) in [6.07, 6.45) is 0.817. The van der Waals surface area contributed by atoms with Crippen LogP contribution in [-0.4, -0.2) is 60.8 Å². The van der Waals surface area contributed by atoms with Gasteiger partial charge in [0.05, 0.1) is 13.2 Å². The molecule has 0 aromatic rings. The van der Waals surface area contributed by atoms with Crippen LogP contribution in [0.5, 0.6) is 0 Å². The average molecular weight is 258 g/mol. The summed E-state index contributed by atoms with van der Waals surface area (Å²) in [5.74, 6) is -0.913. The molecular weight excluding hydrogens is 236 g/mol. The fraction of sp³-hybridized carbons (Fsp3) is 0.833. The van der Waals surface area contributed by atoms with Crippen LogP contribution in [0, 0.1) is 5.92 Å². The van der Waals surface area contributed by atoms with E-state index in [1.54, 1.807) is 12.0 Å². The zero-order chi connectivity index (χ0) is 13.7. The smallest absolute Gasteiger partial charge is 0.321 e. The molecule has 0 radical (unpaired) electrons. The van der Waals surface area contributed by atoms with Crippen molar-refractivity contribution in [2.24, 2.45) is 5.92 Å². The van der Waals surface area contributed by atoms with Gasteiger partial charge in [-0.1, -0.05) is 6.92 Å². The minimum Gasteiger partial charge on any atom is -0.480 e. The van der Waals surface area contributed by atoms with Crippen LogP contribution in [0.25, 0.3) is 0 Å². The first-order valence-electron chi connectivity index (χ1n) is 6.20. The lowest BCUT2D eigenvalue weighted by atomic mass is 10.0. The second-order valence-corrected chi connectivity index (χ2v) is 4.94. The zero-order valence-electron chi connectivity index (χ0n) is 11.2. The maximum atomic E-state index is 11.8. The molecule has 6 nitrogen and oxygen atoms in total. The highest BCUT2D eigenvalue weighted by atomic mass is 16.5. The van der Waals surface area contributed by atoms with Crippen molar-refractivity contribution in [3.63, 3.8) is 0 Å². The van der Waals surface area contributed by atoms with E-state index in [2.05, 4.69) is 5.32 Å². The predicted octanol–water partition coefficient (Wildman–Crippen LogP) is -0.0675. The summed E-state index contributed by atoms with van der Waals surface area (Å²) < 4.78 is 4.93. The van der Waals surface area contributed by atoms with E-state index in [4.69, 9.17) is 9.84 Å². The fourth-order valence-corrected chi connectivity index (χ4v) is 2.40. The summed E-state index contributed by atoms with van der Waals surface area (Å²) >= 11 is 0. The minimum atomic E-state index is -0.849. The number of nitrogens with zero attached hydrogens (tertiary/aromatic N) is 1. The Morgan fingerprint density at radius 1 is 1.56 bits per heavy atom. The Morgan fingerprint density at radius 3 is 2.78 bits per heavy atom. The topological polar surface area (TPSA) is 78.9 Å². The maximum absolute atomic E-state index is 11.8. The fourth-order valence-electron chi connectivity index (χ4n) is 2.40. The van der Waals surface area contributed by atoms with Crippen LogP contribution in [-0.2, 0) is 14.3 Å². The molecule has 0 aromatic carbocycles. The maximum Gasteiger partial charge on any atom is 0.321 e. The monoisotopic (exact) mass is 258 g/mol. The summed E-state index contributed by atoms with van der Waals surface area (Å²) in [6, 6.07) is -0.612. The lowest BCUT2D eigenvalue weighted by molar-refractivity contribution is -0.143. The van der Waals surface area contributed by atoms with Gasteiger partial charge in [-0.15, -0.1) is 0 Å². The van der Waals surface area contributed by atoms with Crippen LogP contribution < -0.4 is 5.32 Å². The predicted molar refractivity (Wildman–Crippen MR) is 66.3 cm³/mol. The summed E-state index contributed by atoms with van der Waals surface area (Å²) in [4.78, 5) is 24.6. The van der Waals surface area contributed by atoms with Gasteiger partial charge in [0.25, 0.3) is 0 Å². The molecule has 1 aliphatic heterocycles. The molecular formula is C12H22N2O4. The molecule has 1 heterocycles. The number of hydrogen-bond acceptors (Lipinski definition) is 4. The number of aliphatic carboxylic acids is 1. The normalized spacial score (nSPS) is 25.9. The number of nitrogens with one attached hydrogen (secondary N) is 1. The first-order chi connectivity index (χ1) is 8.45. The van der Waals surface area contributed by atoms with Gasteiger partial charge < -0.3 is 15.2 Å². The molecule has 1 amide bonds. The molecule has 1 rings (SSSR count). The summed E-state index contributed by atoms with van der Waals surface area (Å²) in [6.45, 7) is 5.00. The summed E-state index contributed by atoms with van der Waals surface area (Å²) in [7, 11) is 1.57. The number of rotatable bonds is 6. The third-order valence-electron chi connectivity index (χ3n) is 3.23. The van der Waals surface area contributed by atoms with E-state index in [1.807, 2.05) is 13.8 Å². The van der Waals surface area contributed by atoms with Crippen LogP contribution in [0.2, 0.25) is 0 Å². The molecule has 0 spiro atoms. The highest BCUT2D eigenvalue weighted by molar-refractivity contribution is 5.80. The molecule has 3 atom stereocenters. The van der Waals surface area contributed by atoms with E-state index in [0.29, 0.717) is 13.2 Å². The van der Waals surface area contributed by atoms with Crippen molar-refractivity contribution in [1.29, 1.82) is 0 Å². The lowest BCUT2D eigenvalue weighted by Gasteiger charge is -2.23. The molecule has 2 N–H and O–H groups in total. The number of ether oxygens (including phenoxy) is 1. The van der Waals surface area contributed by atoms with Gasteiger partial charge in [-0.25, -0.2) is 0 Å². The number of carbonyl (C=O) groups excluding carboxylic acids is 1. The van der Waals surface area contributed by atoms with E-state index < -0.39 is 12.0 Å². The van der Waals surface area contributed by atoms with Crippen molar-refractivity contribution < 1.29 is 19.4 Å². The third-order valence-corrected chi connectivity index (χ3v) is 3.23. The number of carboxylic acids is 1. The van der Waals surface area contributed by atoms with Crippen LogP contribution in [0.1, 0.15) is 20.3 Å². The largest absolute Gasteiger partial charge is 0.480 e. The SMILES string of the molecule is COCC(C)NC(=O)CN1CCC(C)C1C(=O)O. The third kappa shape index (κ3) is 3.96. The van der Waals surface area contributed by atoms with Crippen molar-refractivity contribution in [2.75, 3.05) is 26.8 Å². The Labute approximate surface area is 107 Å². The van der Waals surface area contributed by atoms with E-state index >= 15 is 0 Å². The van der Waals surface area contributed by atoms with Crippen LogP contribution in [0.4, 0.5) is 0 Å². The first-order valence-corrected chi connectivity index (χ1v) is 6.20. The van der Waals surface area contributed by atoms with Gasteiger partial charge in [0, 0.05) is 13.2 Å². The molecule has 3 unspecified atom stereocenters. The van der Waals surface area contributed by atoms with Gasteiger partial charge >= 0.3 is 5.97 Å². The van der Waals surface area contributed by atoms with Crippen molar-refractivity contribution in [1.82, 2.24) is 10.2 Å². The van der Waals surface area contributed by atoms with Crippen molar-refractivity contribution in [3.8, 4) is 0 Å². The first kappa shape index (κ1) is 14.9. The lowest BCUT2D eigenvalue weighted by Crippen LogP contribution is -2.47. The Balaban J connectivity index is 2.46. The van der Waals surface area contributed by atoms with Crippen molar-refractivity contribution >= 4 is 11.9 Å². The second kappa shape index (κ2) is 6.70. The van der Waals surface area contributed by atoms with Crippen LogP contribution in [0.3, 0.4) is 0 Å². The Morgan fingerprint density at radius 2 is 2.22 bits per heavy atom. The molecule has 0 aliphatic carbocycles. The zero-order valence-corrected chi connectivity index (χ0v) is 11.2. The molecule has 6 heteroatoms. The van der Waals surface area contributed by atoms with Crippen LogP contribution in [0.15, 0.2) is 0 Å². The molecule has 0 saturated carbocycles. The number of methoxy groups -OCH3 is 1. The second-order valence-electron chi connectivity index (χ2n) is 4.94. The Hall–Kier alpha value is -1.14. The average Bonchev–Trinajstić information content (AvgIpc) is 2.59. The highest BCUT2D eigenvalue weighted by Gasteiger charge is 2.37. The minimum absolute atomic E-state index is 0.0641. The molecule has 18 heavy (non-hydrogen) atoms. The van der Waals surface area contributed by atoms with Gasteiger partial charge in [0.2, 0.25) is 5.91 Å². The van der Waals surface area contributed by atoms with E-state index in [9.17, 15) is 9.59 Å². The Kier molecular flexibility index (Phi) is 5.55. The standard InChI is InChI=1S/C12H22N2O4/c1-8-4-5-14(11(8)12(16)17)6-10(15)13-9(2)7-18-3/h8-9,11H,4-7H2,1-3H3,(H,13,15)(H,16,17). The highest BCUT2D eigenvalue weighted by Crippen LogP contribution is 2.23. The number of hydrogen-bond donors (Lipinski definition) is 2. The number of likely N-dealkylation sites (tertiary alicyclic amines) is 1. The van der Waals surface area contributed by atoms with Crippen molar-refractivity contribution in [3.05, 3.63) is 0 Å². The van der Waals surface area contributed by atoms with Gasteiger partial charge in [0.15, 0.2) is 0 Å². The molecule has 104 valence electrons. The van der Waals surface area contributed by atoms with Crippen LogP contribution >= 0.6 is 0 Å². The van der Waals surface area contributed by atoms with Crippen molar-refractivity contribution in [2.45, 2.75) is 32.4 Å². The number of carbonyl (C=O) groups is 2. The van der Waals surface area contributed by atoms with Gasteiger partial charge in [0.1, 0.15) is 6.04 Å².